The van der Waals surface area contributed by atoms with Gasteiger partial charge < -0.3 is 10.4 Å². The number of carboxylic acids is 1. The fraction of sp³-hybridized carbons (Fsp3) is 0.312. The highest BCUT2D eigenvalue weighted by Gasteiger charge is 2.07. The van der Waals surface area contributed by atoms with Crippen molar-refractivity contribution >= 4 is 11.9 Å². The van der Waals surface area contributed by atoms with Gasteiger partial charge in [-0.15, -0.1) is 0 Å². The molecule has 0 aliphatic heterocycles. The van der Waals surface area contributed by atoms with Crippen LogP contribution in [0.5, 0.6) is 0 Å². The highest BCUT2D eigenvalue weighted by molar-refractivity contribution is 5.72. The average molecular weight is 285 g/mol. The summed E-state index contributed by atoms with van der Waals surface area (Å²) in [7, 11) is 0. The van der Waals surface area contributed by atoms with Crippen molar-refractivity contribution in [3.63, 3.8) is 0 Å². The molecule has 0 spiro atoms. The van der Waals surface area contributed by atoms with E-state index in [2.05, 4.69) is 41.3 Å². The molecule has 2 rings (SSSR count). The first-order valence-electron chi connectivity index (χ1n) is 6.87. The van der Waals surface area contributed by atoms with Crippen molar-refractivity contribution < 1.29 is 9.90 Å². The molecule has 0 bridgehead atoms. The molecule has 5 nitrogen and oxygen atoms in total. The smallest absolute Gasteiger partial charge is 0.322 e. The molecule has 1 aromatic heterocycles. The third kappa shape index (κ3) is 4.02. The Morgan fingerprint density at radius 2 is 1.90 bits per heavy atom. The van der Waals surface area contributed by atoms with Crippen molar-refractivity contribution in [3.05, 3.63) is 41.6 Å². The van der Waals surface area contributed by atoms with E-state index in [9.17, 15) is 4.79 Å². The van der Waals surface area contributed by atoms with E-state index in [-0.39, 0.29) is 6.54 Å². The Morgan fingerprint density at radius 3 is 2.48 bits per heavy atom. The van der Waals surface area contributed by atoms with Crippen molar-refractivity contribution in [3.8, 4) is 11.3 Å². The van der Waals surface area contributed by atoms with Gasteiger partial charge in [-0.1, -0.05) is 38.1 Å². The first-order chi connectivity index (χ1) is 9.95. The van der Waals surface area contributed by atoms with Gasteiger partial charge in [-0.3, -0.25) is 4.79 Å². The van der Waals surface area contributed by atoms with Crippen LogP contribution in [0.2, 0.25) is 0 Å². The topological polar surface area (TPSA) is 75.1 Å². The Bertz CT molecular complexity index is 636. The van der Waals surface area contributed by atoms with Crippen LogP contribution in [0.3, 0.4) is 0 Å². The van der Waals surface area contributed by atoms with E-state index in [0.29, 0.717) is 11.9 Å². The fourth-order valence-corrected chi connectivity index (χ4v) is 1.99. The first-order valence-corrected chi connectivity index (χ1v) is 6.87. The van der Waals surface area contributed by atoms with Crippen LogP contribution in [0.25, 0.3) is 11.3 Å². The fourth-order valence-electron chi connectivity index (χ4n) is 1.99. The van der Waals surface area contributed by atoms with E-state index in [1.54, 1.807) is 0 Å². The lowest BCUT2D eigenvalue weighted by atomic mass is 10.0. The number of aliphatic carboxylic acids is 1. The molecule has 0 unspecified atom stereocenters. The number of carbonyl (C=O) groups is 1. The Labute approximate surface area is 124 Å². The Morgan fingerprint density at radius 1 is 1.24 bits per heavy atom. The maximum absolute atomic E-state index is 10.6. The Kier molecular flexibility index (Phi) is 4.52. The zero-order valence-corrected chi connectivity index (χ0v) is 12.4. The predicted molar refractivity (Wildman–Crippen MR) is 82.4 cm³/mol. The number of nitrogens with one attached hydrogen (secondary N) is 1. The van der Waals surface area contributed by atoms with Crippen molar-refractivity contribution in [2.45, 2.75) is 26.7 Å². The van der Waals surface area contributed by atoms with E-state index in [0.717, 1.165) is 17.0 Å². The predicted octanol–water partition coefficient (Wildman–Crippen LogP) is 3.07. The molecule has 0 saturated heterocycles. The van der Waals surface area contributed by atoms with Crippen LogP contribution in [0.4, 0.5) is 5.95 Å². The van der Waals surface area contributed by atoms with Gasteiger partial charge in [0.2, 0.25) is 5.95 Å². The summed E-state index contributed by atoms with van der Waals surface area (Å²) >= 11 is 0. The molecule has 0 atom stereocenters. The summed E-state index contributed by atoms with van der Waals surface area (Å²) in [5, 5.41) is 11.4. The molecule has 2 aromatic rings. The van der Waals surface area contributed by atoms with Gasteiger partial charge in [0.15, 0.2) is 0 Å². The van der Waals surface area contributed by atoms with Crippen molar-refractivity contribution in [1.29, 1.82) is 0 Å². The number of nitrogens with zero attached hydrogens (tertiary/aromatic N) is 2. The summed E-state index contributed by atoms with van der Waals surface area (Å²) < 4.78 is 0. The molecule has 2 N–H and O–H groups in total. The van der Waals surface area contributed by atoms with E-state index >= 15 is 0 Å². The highest BCUT2D eigenvalue weighted by Crippen LogP contribution is 2.22. The minimum Gasteiger partial charge on any atom is -0.480 e. The van der Waals surface area contributed by atoms with Gasteiger partial charge in [0.1, 0.15) is 6.54 Å². The third-order valence-electron chi connectivity index (χ3n) is 3.13. The maximum Gasteiger partial charge on any atom is 0.322 e. The second-order valence-corrected chi connectivity index (χ2v) is 5.24. The average Bonchev–Trinajstić information content (AvgIpc) is 2.44. The monoisotopic (exact) mass is 285 g/mol. The van der Waals surface area contributed by atoms with Gasteiger partial charge in [0.05, 0.1) is 5.69 Å². The van der Waals surface area contributed by atoms with Crippen LogP contribution in [0.1, 0.15) is 31.0 Å². The molecule has 110 valence electrons. The standard InChI is InChI=1S/C16H19N3O2/c1-10(2)12-4-6-13(7-5-12)14-8-11(3)18-16(19-14)17-9-15(20)21/h4-8,10H,9H2,1-3H3,(H,20,21)(H,17,18,19). The molecule has 1 heterocycles. The van der Waals surface area contributed by atoms with Crippen LogP contribution < -0.4 is 5.32 Å². The molecular weight excluding hydrogens is 266 g/mol. The van der Waals surface area contributed by atoms with Crippen molar-refractivity contribution in [2.24, 2.45) is 0 Å². The molecular formula is C16H19N3O2. The lowest BCUT2D eigenvalue weighted by Crippen LogP contribution is -2.14. The SMILES string of the molecule is Cc1cc(-c2ccc(C(C)C)cc2)nc(NCC(=O)O)n1. The number of carboxylic acid groups (broad SMARTS) is 1. The number of anilines is 1. The summed E-state index contributed by atoms with van der Waals surface area (Å²) in [5.41, 5.74) is 3.84. The number of aromatic nitrogens is 2. The minimum atomic E-state index is -0.942. The third-order valence-corrected chi connectivity index (χ3v) is 3.13. The lowest BCUT2D eigenvalue weighted by molar-refractivity contribution is -0.134. The van der Waals surface area contributed by atoms with Crippen LogP contribution in [0, 0.1) is 6.92 Å². The maximum atomic E-state index is 10.6. The lowest BCUT2D eigenvalue weighted by Gasteiger charge is -2.09. The van der Waals surface area contributed by atoms with Crippen LogP contribution >= 0.6 is 0 Å². The molecule has 0 amide bonds. The van der Waals surface area contributed by atoms with Crippen molar-refractivity contribution in [1.82, 2.24) is 9.97 Å². The number of rotatable bonds is 5. The van der Waals surface area contributed by atoms with E-state index in [4.69, 9.17) is 5.11 Å². The molecule has 0 fully saturated rings. The van der Waals surface area contributed by atoms with E-state index < -0.39 is 5.97 Å². The molecule has 0 aliphatic carbocycles. The number of hydrogen-bond acceptors (Lipinski definition) is 4. The Balaban J connectivity index is 2.28. The van der Waals surface area contributed by atoms with Crippen LogP contribution in [-0.4, -0.2) is 27.6 Å². The zero-order valence-electron chi connectivity index (χ0n) is 12.4. The van der Waals surface area contributed by atoms with Gasteiger partial charge in [0.25, 0.3) is 0 Å². The summed E-state index contributed by atoms with van der Waals surface area (Å²) in [4.78, 5) is 19.2. The van der Waals surface area contributed by atoms with Crippen LogP contribution in [0.15, 0.2) is 30.3 Å². The van der Waals surface area contributed by atoms with Gasteiger partial charge in [-0.25, -0.2) is 9.97 Å². The van der Waals surface area contributed by atoms with E-state index in [1.807, 2.05) is 25.1 Å². The number of benzene rings is 1. The molecule has 5 heteroatoms. The van der Waals surface area contributed by atoms with E-state index in [1.165, 1.54) is 5.56 Å². The Hall–Kier alpha value is -2.43. The quantitative estimate of drug-likeness (QED) is 0.883. The highest BCUT2D eigenvalue weighted by atomic mass is 16.4. The second-order valence-electron chi connectivity index (χ2n) is 5.24. The van der Waals surface area contributed by atoms with Crippen LogP contribution in [-0.2, 0) is 4.79 Å². The van der Waals surface area contributed by atoms with Gasteiger partial charge in [0, 0.05) is 11.3 Å². The number of hydrogen-bond donors (Lipinski definition) is 2. The molecule has 1 aromatic carbocycles. The molecule has 0 radical (unpaired) electrons. The van der Waals surface area contributed by atoms with Crippen molar-refractivity contribution in [2.75, 3.05) is 11.9 Å². The molecule has 0 saturated carbocycles. The van der Waals surface area contributed by atoms with Gasteiger partial charge in [-0.2, -0.15) is 0 Å². The second kappa shape index (κ2) is 6.35. The normalized spacial score (nSPS) is 10.7. The largest absolute Gasteiger partial charge is 0.480 e. The summed E-state index contributed by atoms with van der Waals surface area (Å²) in [6.45, 7) is 5.96. The molecule has 21 heavy (non-hydrogen) atoms. The van der Waals surface area contributed by atoms with Gasteiger partial charge >= 0.3 is 5.97 Å². The first kappa shape index (κ1) is 15.0. The number of aryl methyl sites for hydroxylation is 1. The molecule has 0 aliphatic rings. The summed E-state index contributed by atoms with van der Waals surface area (Å²) in [6, 6.07) is 10.1. The van der Waals surface area contributed by atoms with Gasteiger partial charge in [-0.05, 0) is 24.5 Å². The minimum absolute atomic E-state index is 0.199. The zero-order chi connectivity index (χ0) is 15.4. The summed E-state index contributed by atoms with van der Waals surface area (Å²) in [6.07, 6.45) is 0. The summed E-state index contributed by atoms with van der Waals surface area (Å²) in [5.74, 6) is -0.123.